The number of fused-ring (bicyclic) bond motifs is 1. The second-order valence-corrected chi connectivity index (χ2v) is 6.79. The fourth-order valence-electron chi connectivity index (χ4n) is 3.77. The van der Waals surface area contributed by atoms with Gasteiger partial charge in [-0.05, 0) is 49.7 Å². The summed E-state index contributed by atoms with van der Waals surface area (Å²) in [6.45, 7) is 5.30. The van der Waals surface area contributed by atoms with Gasteiger partial charge >= 0.3 is 0 Å². The third kappa shape index (κ3) is 3.07. The summed E-state index contributed by atoms with van der Waals surface area (Å²) < 4.78 is 0. The molecular formula is C18H27N3. The van der Waals surface area contributed by atoms with Crippen molar-refractivity contribution in [1.82, 2.24) is 4.90 Å². The second kappa shape index (κ2) is 6.08. The molecule has 2 N–H and O–H groups in total. The van der Waals surface area contributed by atoms with Gasteiger partial charge in [-0.3, -0.25) is 4.99 Å². The molecule has 3 nitrogen and oxygen atoms in total. The molecule has 1 fully saturated rings. The normalized spacial score (nSPS) is 26.5. The Balaban J connectivity index is 1.75. The molecule has 1 aliphatic carbocycles. The Morgan fingerprint density at radius 2 is 1.95 bits per heavy atom. The van der Waals surface area contributed by atoms with Crippen molar-refractivity contribution < 1.29 is 0 Å². The lowest BCUT2D eigenvalue weighted by Gasteiger charge is -2.35. The molecule has 0 aromatic heterocycles. The molecule has 0 spiro atoms. The highest BCUT2D eigenvalue weighted by atomic mass is 15.3. The van der Waals surface area contributed by atoms with E-state index in [1.807, 2.05) is 0 Å². The molecule has 1 aliphatic heterocycles. The maximum Gasteiger partial charge on any atom is 0.191 e. The van der Waals surface area contributed by atoms with Crippen LogP contribution in [0.25, 0.3) is 0 Å². The van der Waals surface area contributed by atoms with Crippen LogP contribution in [0.4, 0.5) is 0 Å². The Kier molecular flexibility index (Phi) is 4.18. The average molecular weight is 285 g/mol. The van der Waals surface area contributed by atoms with Crippen LogP contribution in [0.3, 0.4) is 0 Å². The number of nitrogens with two attached hydrogens (primary N) is 1. The average Bonchev–Trinajstić information content (AvgIpc) is 2.54. The van der Waals surface area contributed by atoms with Crippen LogP contribution in [0.2, 0.25) is 0 Å². The van der Waals surface area contributed by atoms with Gasteiger partial charge in [-0.25, -0.2) is 0 Å². The number of guanidine groups is 1. The molecule has 1 unspecified atom stereocenters. The monoisotopic (exact) mass is 285 g/mol. The maximum absolute atomic E-state index is 6.22. The predicted molar refractivity (Wildman–Crippen MR) is 88.6 cm³/mol. The fourth-order valence-corrected chi connectivity index (χ4v) is 3.77. The summed E-state index contributed by atoms with van der Waals surface area (Å²) in [7, 11) is 0. The number of hydrogen-bond donors (Lipinski definition) is 1. The Morgan fingerprint density at radius 3 is 2.76 bits per heavy atom. The summed E-state index contributed by atoms with van der Waals surface area (Å²) >= 11 is 0. The van der Waals surface area contributed by atoms with Crippen LogP contribution in [-0.2, 0) is 11.8 Å². The minimum atomic E-state index is 0.148. The van der Waals surface area contributed by atoms with Crippen molar-refractivity contribution in [3.63, 3.8) is 0 Å². The molecule has 0 bridgehead atoms. The van der Waals surface area contributed by atoms with Gasteiger partial charge in [0.2, 0.25) is 0 Å². The van der Waals surface area contributed by atoms with Crippen LogP contribution in [-0.4, -0.2) is 30.5 Å². The summed E-state index contributed by atoms with van der Waals surface area (Å²) in [5.41, 5.74) is 9.34. The van der Waals surface area contributed by atoms with Crippen LogP contribution < -0.4 is 5.73 Å². The van der Waals surface area contributed by atoms with Gasteiger partial charge in [0.05, 0.1) is 6.54 Å². The fraction of sp³-hybridized carbons (Fsp3) is 0.611. The smallest absolute Gasteiger partial charge is 0.191 e. The number of likely N-dealkylation sites (tertiary alicyclic amines) is 1. The number of hydrogen-bond acceptors (Lipinski definition) is 1. The molecule has 21 heavy (non-hydrogen) atoms. The lowest BCUT2D eigenvalue weighted by Crippen LogP contribution is -2.42. The molecule has 0 radical (unpaired) electrons. The van der Waals surface area contributed by atoms with E-state index in [1.165, 1.54) is 49.7 Å². The third-order valence-corrected chi connectivity index (χ3v) is 5.11. The molecule has 1 atom stereocenters. The number of aryl methyl sites for hydroxylation is 1. The Morgan fingerprint density at radius 1 is 1.19 bits per heavy atom. The van der Waals surface area contributed by atoms with E-state index in [2.05, 4.69) is 36.1 Å². The van der Waals surface area contributed by atoms with Gasteiger partial charge in [-0.1, -0.05) is 31.2 Å². The minimum absolute atomic E-state index is 0.148. The van der Waals surface area contributed by atoms with Crippen molar-refractivity contribution in [2.45, 2.75) is 50.9 Å². The molecule has 1 aromatic carbocycles. The van der Waals surface area contributed by atoms with Gasteiger partial charge in [0.25, 0.3) is 0 Å². The van der Waals surface area contributed by atoms with Gasteiger partial charge in [0, 0.05) is 18.5 Å². The van der Waals surface area contributed by atoms with Gasteiger partial charge < -0.3 is 10.6 Å². The number of piperidine rings is 1. The van der Waals surface area contributed by atoms with E-state index < -0.39 is 0 Å². The highest BCUT2D eigenvalue weighted by Crippen LogP contribution is 2.37. The lowest BCUT2D eigenvalue weighted by molar-refractivity contribution is 0.334. The van der Waals surface area contributed by atoms with Crippen molar-refractivity contribution in [2.75, 3.05) is 19.6 Å². The molecular weight excluding hydrogens is 258 g/mol. The molecule has 114 valence electrons. The first kappa shape index (κ1) is 14.4. The molecule has 3 heteroatoms. The van der Waals surface area contributed by atoms with E-state index in [4.69, 9.17) is 10.7 Å². The first-order chi connectivity index (χ1) is 10.2. The number of benzene rings is 1. The zero-order valence-corrected chi connectivity index (χ0v) is 13.1. The molecule has 3 rings (SSSR count). The van der Waals surface area contributed by atoms with Crippen molar-refractivity contribution in [3.05, 3.63) is 35.4 Å². The SMILES string of the molecule is CC1(CN=C(N)N2CCCCC2)CCCc2ccccc21. The van der Waals surface area contributed by atoms with Gasteiger partial charge in [-0.15, -0.1) is 0 Å². The Bertz CT molecular complexity index is 517. The van der Waals surface area contributed by atoms with E-state index in [1.54, 1.807) is 0 Å². The van der Waals surface area contributed by atoms with Crippen LogP contribution in [0.1, 0.15) is 50.2 Å². The second-order valence-electron chi connectivity index (χ2n) is 6.79. The first-order valence-electron chi connectivity index (χ1n) is 8.32. The molecule has 1 heterocycles. The van der Waals surface area contributed by atoms with Gasteiger partial charge in [-0.2, -0.15) is 0 Å². The first-order valence-corrected chi connectivity index (χ1v) is 8.32. The Labute approximate surface area is 128 Å². The highest BCUT2D eigenvalue weighted by Gasteiger charge is 2.31. The largest absolute Gasteiger partial charge is 0.370 e. The molecule has 1 saturated heterocycles. The summed E-state index contributed by atoms with van der Waals surface area (Å²) in [6.07, 6.45) is 7.49. The standard InChI is InChI=1S/C18H27N3/c1-18(11-7-9-15-8-3-4-10-16(15)18)14-20-17(19)21-12-5-2-6-13-21/h3-4,8,10H,2,5-7,9,11-14H2,1H3,(H2,19,20). The maximum atomic E-state index is 6.22. The predicted octanol–water partition coefficient (Wildman–Crippen LogP) is 3.08. The number of rotatable bonds is 2. The van der Waals surface area contributed by atoms with E-state index >= 15 is 0 Å². The van der Waals surface area contributed by atoms with Crippen molar-refractivity contribution in [1.29, 1.82) is 0 Å². The number of aliphatic imine (C=N–C) groups is 1. The molecule has 0 saturated carbocycles. The molecule has 2 aliphatic rings. The van der Waals surface area contributed by atoms with Crippen molar-refractivity contribution in [2.24, 2.45) is 10.7 Å². The van der Waals surface area contributed by atoms with Crippen molar-refractivity contribution >= 4 is 5.96 Å². The van der Waals surface area contributed by atoms with Gasteiger partial charge in [0.15, 0.2) is 5.96 Å². The Hall–Kier alpha value is -1.51. The minimum Gasteiger partial charge on any atom is -0.370 e. The topological polar surface area (TPSA) is 41.6 Å². The van der Waals surface area contributed by atoms with Crippen LogP contribution in [0, 0.1) is 0 Å². The van der Waals surface area contributed by atoms with Crippen LogP contribution in [0.5, 0.6) is 0 Å². The summed E-state index contributed by atoms with van der Waals surface area (Å²) in [6, 6.07) is 8.85. The summed E-state index contributed by atoms with van der Waals surface area (Å²) in [4.78, 5) is 7.01. The van der Waals surface area contributed by atoms with Crippen LogP contribution >= 0.6 is 0 Å². The lowest BCUT2D eigenvalue weighted by atomic mass is 9.71. The van der Waals surface area contributed by atoms with Crippen LogP contribution in [0.15, 0.2) is 29.3 Å². The zero-order valence-electron chi connectivity index (χ0n) is 13.1. The van der Waals surface area contributed by atoms with Crippen molar-refractivity contribution in [3.8, 4) is 0 Å². The quantitative estimate of drug-likeness (QED) is 0.670. The number of nitrogens with zero attached hydrogens (tertiary/aromatic N) is 2. The molecule has 1 aromatic rings. The van der Waals surface area contributed by atoms with E-state index in [0.717, 1.165) is 25.6 Å². The third-order valence-electron chi connectivity index (χ3n) is 5.11. The highest BCUT2D eigenvalue weighted by molar-refractivity contribution is 5.78. The van der Waals surface area contributed by atoms with Gasteiger partial charge in [0.1, 0.15) is 0 Å². The summed E-state index contributed by atoms with van der Waals surface area (Å²) in [5, 5.41) is 0. The van der Waals surface area contributed by atoms with E-state index in [9.17, 15) is 0 Å². The zero-order chi connectivity index (χ0) is 14.7. The van der Waals surface area contributed by atoms with E-state index in [0.29, 0.717) is 0 Å². The van der Waals surface area contributed by atoms with E-state index in [-0.39, 0.29) is 5.41 Å². The summed E-state index contributed by atoms with van der Waals surface area (Å²) in [5.74, 6) is 0.749. The molecule has 0 amide bonds.